The van der Waals surface area contributed by atoms with Gasteiger partial charge in [0.15, 0.2) is 5.82 Å². The topological polar surface area (TPSA) is 65.7 Å². The number of fused-ring (bicyclic) bond motifs is 1. The lowest BCUT2D eigenvalue weighted by atomic mass is 9.96. The average molecular weight is 629 g/mol. The van der Waals surface area contributed by atoms with Crippen LogP contribution in [0, 0.1) is 12.7 Å². The van der Waals surface area contributed by atoms with Gasteiger partial charge in [-0.2, -0.15) is 9.78 Å². The smallest absolute Gasteiger partial charge is 0.282 e. The van der Waals surface area contributed by atoms with Crippen LogP contribution in [0.5, 0.6) is 11.5 Å². The lowest BCUT2D eigenvalue weighted by Gasteiger charge is -2.18. The highest BCUT2D eigenvalue weighted by Crippen LogP contribution is 2.34. The first-order valence-electron chi connectivity index (χ1n) is 13.8. The molecular formula is C34H31BrFN3O3. The minimum absolute atomic E-state index is 0.173. The van der Waals surface area contributed by atoms with Crippen LogP contribution in [-0.4, -0.2) is 22.5 Å². The van der Waals surface area contributed by atoms with Crippen LogP contribution in [0.2, 0.25) is 0 Å². The van der Waals surface area contributed by atoms with E-state index in [9.17, 15) is 9.18 Å². The third kappa shape index (κ3) is 6.29. The second-order valence-corrected chi connectivity index (χ2v) is 11.1. The summed E-state index contributed by atoms with van der Waals surface area (Å²) in [6.07, 6.45) is 1.58. The van der Waals surface area contributed by atoms with Gasteiger partial charge >= 0.3 is 0 Å². The highest BCUT2D eigenvalue weighted by molar-refractivity contribution is 9.10. The van der Waals surface area contributed by atoms with Gasteiger partial charge in [-0.15, -0.1) is 0 Å². The van der Waals surface area contributed by atoms with Gasteiger partial charge in [0.2, 0.25) is 0 Å². The maximum absolute atomic E-state index is 13.8. The quantitative estimate of drug-likeness (QED) is 0.154. The number of para-hydroxylation sites is 1. The van der Waals surface area contributed by atoms with Crippen LogP contribution >= 0.6 is 15.9 Å². The number of hydrogen-bond acceptors (Lipinski definition) is 5. The van der Waals surface area contributed by atoms with Crippen molar-refractivity contribution < 1.29 is 13.9 Å². The van der Waals surface area contributed by atoms with Crippen molar-refractivity contribution >= 4 is 33.0 Å². The summed E-state index contributed by atoms with van der Waals surface area (Å²) < 4.78 is 27.8. The molecule has 0 unspecified atom stereocenters. The maximum atomic E-state index is 13.8. The number of rotatable bonds is 9. The van der Waals surface area contributed by atoms with Gasteiger partial charge < -0.3 is 9.47 Å². The molecular weight excluding hydrogens is 597 g/mol. The molecule has 5 aromatic rings. The molecule has 1 heterocycles. The van der Waals surface area contributed by atoms with Gasteiger partial charge in [0, 0.05) is 15.6 Å². The van der Waals surface area contributed by atoms with Crippen molar-refractivity contribution in [2.24, 2.45) is 5.10 Å². The highest BCUT2D eigenvalue weighted by atomic mass is 79.9. The zero-order valence-corrected chi connectivity index (χ0v) is 25.5. The van der Waals surface area contributed by atoms with Crippen LogP contribution in [0.3, 0.4) is 0 Å². The summed E-state index contributed by atoms with van der Waals surface area (Å²) in [5, 5.41) is 5.13. The monoisotopic (exact) mass is 627 g/mol. The van der Waals surface area contributed by atoms with Crippen molar-refractivity contribution in [3.63, 3.8) is 0 Å². The Morgan fingerprint density at radius 2 is 1.81 bits per heavy atom. The third-order valence-electron chi connectivity index (χ3n) is 6.84. The van der Waals surface area contributed by atoms with Crippen molar-refractivity contribution in [3.8, 4) is 22.9 Å². The van der Waals surface area contributed by atoms with E-state index in [1.54, 1.807) is 30.5 Å². The Morgan fingerprint density at radius 3 is 2.57 bits per heavy atom. The Kier molecular flexibility index (Phi) is 8.83. The van der Waals surface area contributed by atoms with E-state index in [2.05, 4.69) is 34.9 Å². The summed E-state index contributed by atoms with van der Waals surface area (Å²) in [6.45, 7) is 8.88. The number of halogens is 2. The van der Waals surface area contributed by atoms with Crippen LogP contribution < -0.4 is 15.0 Å². The van der Waals surface area contributed by atoms with Crippen molar-refractivity contribution in [2.75, 3.05) is 6.61 Å². The fourth-order valence-corrected chi connectivity index (χ4v) is 5.11. The first-order valence-corrected chi connectivity index (χ1v) is 14.5. The van der Waals surface area contributed by atoms with Crippen LogP contribution in [0.4, 0.5) is 4.39 Å². The first kappa shape index (κ1) is 29.2. The minimum atomic E-state index is -0.324. The van der Waals surface area contributed by atoms with Gasteiger partial charge in [-0.3, -0.25) is 4.79 Å². The second kappa shape index (κ2) is 12.7. The van der Waals surface area contributed by atoms with Crippen molar-refractivity contribution in [3.05, 3.63) is 122 Å². The molecule has 5 rings (SSSR count). The maximum Gasteiger partial charge on any atom is 0.282 e. The molecule has 4 aromatic carbocycles. The number of hydrogen-bond donors (Lipinski definition) is 0. The molecule has 0 amide bonds. The van der Waals surface area contributed by atoms with E-state index in [-0.39, 0.29) is 23.9 Å². The molecule has 0 aliphatic heterocycles. The number of aryl methyl sites for hydroxylation is 1. The van der Waals surface area contributed by atoms with Crippen molar-refractivity contribution in [1.29, 1.82) is 0 Å². The molecule has 0 aliphatic carbocycles. The minimum Gasteiger partial charge on any atom is -0.494 e. The molecule has 0 saturated heterocycles. The Morgan fingerprint density at radius 1 is 1.00 bits per heavy atom. The molecule has 0 fully saturated rings. The summed E-state index contributed by atoms with van der Waals surface area (Å²) in [4.78, 5) is 18.8. The van der Waals surface area contributed by atoms with Crippen molar-refractivity contribution in [2.45, 2.75) is 40.2 Å². The third-order valence-corrected chi connectivity index (χ3v) is 7.33. The normalized spacial score (nSPS) is 11.5. The van der Waals surface area contributed by atoms with Crippen LogP contribution in [-0.2, 0) is 6.61 Å². The molecule has 214 valence electrons. The molecule has 0 spiro atoms. The van der Waals surface area contributed by atoms with E-state index in [4.69, 9.17) is 14.5 Å². The van der Waals surface area contributed by atoms with E-state index >= 15 is 0 Å². The summed E-state index contributed by atoms with van der Waals surface area (Å²) >= 11 is 3.52. The highest BCUT2D eigenvalue weighted by Gasteiger charge is 2.19. The van der Waals surface area contributed by atoms with Crippen LogP contribution in [0.1, 0.15) is 48.9 Å². The lowest BCUT2D eigenvalue weighted by Crippen LogP contribution is -2.21. The Labute approximate surface area is 252 Å². The predicted octanol–water partition coefficient (Wildman–Crippen LogP) is 8.26. The summed E-state index contributed by atoms with van der Waals surface area (Å²) in [5.74, 6) is 1.65. The largest absolute Gasteiger partial charge is 0.494 e. The van der Waals surface area contributed by atoms with Crippen LogP contribution in [0.15, 0.2) is 93.2 Å². The molecule has 0 atom stereocenters. The second-order valence-electron chi connectivity index (χ2n) is 10.2. The van der Waals surface area contributed by atoms with Gasteiger partial charge in [0.1, 0.15) is 23.9 Å². The average Bonchev–Trinajstić information content (AvgIpc) is 2.96. The van der Waals surface area contributed by atoms with E-state index in [1.807, 2.05) is 56.3 Å². The van der Waals surface area contributed by atoms with E-state index in [1.165, 1.54) is 16.8 Å². The van der Waals surface area contributed by atoms with E-state index < -0.39 is 0 Å². The lowest BCUT2D eigenvalue weighted by molar-refractivity contribution is 0.305. The van der Waals surface area contributed by atoms with Gasteiger partial charge in [0.05, 0.1) is 23.7 Å². The summed E-state index contributed by atoms with van der Waals surface area (Å²) in [5.41, 5.74) is 4.36. The summed E-state index contributed by atoms with van der Waals surface area (Å²) in [7, 11) is 0. The number of nitrogens with zero attached hydrogens (tertiary/aromatic N) is 3. The first-order chi connectivity index (χ1) is 20.2. The van der Waals surface area contributed by atoms with Gasteiger partial charge in [0.25, 0.3) is 5.56 Å². The standard InChI is InChI=1S/C34H31BrFN3O3/c1-5-41-32-15-22(4)29(18-28(32)21(2)3)33-38-30-12-7-6-11-27(30)34(40)39(33)37-19-24-17-25(35)13-14-31(24)42-20-23-9-8-10-26(36)16-23/h6-19,21H,5,20H2,1-4H3. The Hall–Kier alpha value is -4.30. The van der Waals surface area contributed by atoms with Gasteiger partial charge in [-0.25, -0.2) is 9.37 Å². The van der Waals surface area contributed by atoms with E-state index in [0.717, 1.165) is 26.9 Å². The molecule has 0 saturated carbocycles. The zero-order chi connectivity index (χ0) is 29.8. The van der Waals surface area contributed by atoms with Crippen molar-refractivity contribution in [1.82, 2.24) is 9.66 Å². The van der Waals surface area contributed by atoms with Gasteiger partial charge in [-0.1, -0.05) is 54.0 Å². The SMILES string of the molecule is CCOc1cc(C)c(-c2nc3ccccc3c(=O)n2N=Cc2cc(Br)ccc2OCc2cccc(F)c2)cc1C(C)C. The zero-order valence-electron chi connectivity index (χ0n) is 23.9. The van der Waals surface area contributed by atoms with Gasteiger partial charge in [-0.05, 0) is 91.1 Å². The molecule has 0 radical (unpaired) electrons. The fraction of sp³-hybridized carbons (Fsp3) is 0.206. The molecule has 0 N–H and O–H groups in total. The Bertz CT molecular complexity index is 1850. The number of benzene rings is 4. The molecule has 1 aromatic heterocycles. The molecule has 0 bridgehead atoms. The number of ether oxygens (including phenoxy) is 2. The van der Waals surface area contributed by atoms with Crippen LogP contribution in [0.25, 0.3) is 22.3 Å². The van der Waals surface area contributed by atoms with E-state index in [0.29, 0.717) is 40.2 Å². The number of aromatic nitrogens is 2. The predicted molar refractivity (Wildman–Crippen MR) is 169 cm³/mol. The Balaban J connectivity index is 1.63. The summed E-state index contributed by atoms with van der Waals surface area (Å²) in [6, 6.07) is 23.1. The molecule has 6 nitrogen and oxygen atoms in total. The molecule has 42 heavy (non-hydrogen) atoms. The fourth-order valence-electron chi connectivity index (χ4n) is 4.74. The molecule has 8 heteroatoms. The molecule has 0 aliphatic rings.